The molecule has 2 unspecified atom stereocenters. The van der Waals surface area contributed by atoms with Crippen LogP contribution in [0, 0.1) is 11.8 Å². The van der Waals surface area contributed by atoms with Gasteiger partial charge in [0.05, 0.1) is 6.10 Å². The molecule has 0 spiro atoms. The molecule has 0 aromatic heterocycles. The maximum atomic E-state index is 5.22. The summed E-state index contributed by atoms with van der Waals surface area (Å²) in [7, 11) is 1.71. The van der Waals surface area contributed by atoms with Crippen molar-refractivity contribution in [3.8, 4) is 0 Å². The Morgan fingerprint density at radius 1 is 1.38 bits per heavy atom. The fourth-order valence-electron chi connectivity index (χ4n) is 1.18. The van der Waals surface area contributed by atoms with Crippen molar-refractivity contribution in [3.63, 3.8) is 0 Å². The smallest absolute Gasteiger partial charge is 0.0786 e. The lowest BCUT2D eigenvalue weighted by Crippen LogP contribution is -2.13. The minimum Gasteiger partial charge on any atom is -0.377 e. The molecule has 0 rings (SSSR count). The molecule has 0 aliphatic heterocycles. The zero-order chi connectivity index (χ0) is 10.4. The number of rotatable bonds is 6. The predicted octanol–water partition coefficient (Wildman–Crippen LogP) is 3.43. The summed E-state index contributed by atoms with van der Waals surface area (Å²) in [5, 5.41) is 0. The molecule has 0 saturated carbocycles. The van der Waals surface area contributed by atoms with E-state index < -0.39 is 0 Å². The van der Waals surface area contributed by atoms with Gasteiger partial charge in [0.25, 0.3) is 0 Å². The van der Waals surface area contributed by atoms with E-state index in [1.807, 2.05) is 6.08 Å². The molecule has 1 heteroatoms. The summed E-state index contributed by atoms with van der Waals surface area (Å²) >= 11 is 0. The van der Waals surface area contributed by atoms with Gasteiger partial charge < -0.3 is 4.74 Å². The van der Waals surface area contributed by atoms with Gasteiger partial charge in [-0.05, 0) is 18.3 Å². The second kappa shape index (κ2) is 5.98. The maximum Gasteiger partial charge on any atom is 0.0786 e. The van der Waals surface area contributed by atoms with Gasteiger partial charge in [-0.15, -0.1) is 6.58 Å². The zero-order valence-electron chi connectivity index (χ0n) is 9.34. The number of hydrogen-bond acceptors (Lipinski definition) is 1. The Bertz CT molecular complexity index is 170. The molecule has 1 nitrogen and oxygen atoms in total. The van der Waals surface area contributed by atoms with E-state index >= 15 is 0 Å². The first kappa shape index (κ1) is 12.4. The molecule has 0 N–H and O–H groups in total. The van der Waals surface area contributed by atoms with E-state index in [1.54, 1.807) is 7.11 Å². The van der Waals surface area contributed by atoms with Crippen LogP contribution in [0.2, 0.25) is 0 Å². The minimum atomic E-state index is 0.119. The van der Waals surface area contributed by atoms with Crippen LogP contribution in [0.5, 0.6) is 0 Å². The molecular weight excluding hydrogens is 160 g/mol. The Balaban J connectivity index is 4.05. The van der Waals surface area contributed by atoms with E-state index in [0.29, 0.717) is 11.8 Å². The molecule has 0 heterocycles. The number of hydrogen-bond donors (Lipinski definition) is 0. The van der Waals surface area contributed by atoms with Gasteiger partial charge in [-0.25, -0.2) is 0 Å². The zero-order valence-corrected chi connectivity index (χ0v) is 9.34. The predicted molar refractivity (Wildman–Crippen MR) is 58.8 cm³/mol. The van der Waals surface area contributed by atoms with Gasteiger partial charge >= 0.3 is 0 Å². The summed E-state index contributed by atoms with van der Waals surface area (Å²) in [6, 6.07) is 0. The maximum absolute atomic E-state index is 5.22. The molecular formula is C12H22O. The summed E-state index contributed by atoms with van der Waals surface area (Å²) in [6.45, 7) is 14.4. The summed E-state index contributed by atoms with van der Waals surface area (Å²) in [5.74, 6) is 1.20. The highest BCUT2D eigenvalue weighted by Crippen LogP contribution is 2.22. The third-order valence-electron chi connectivity index (χ3n) is 2.67. The van der Waals surface area contributed by atoms with E-state index in [1.165, 1.54) is 5.57 Å². The summed E-state index contributed by atoms with van der Waals surface area (Å²) < 4.78 is 5.22. The summed E-state index contributed by atoms with van der Waals surface area (Å²) in [6.07, 6.45) is 2.84. The lowest BCUT2D eigenvalue weighted by molar-refractivity contribution is 0.138. The van der Waals surface area contributed by atoms with Crippen molar-refractivity contribution in [2.45, 2.75) is 33.3 Å². The standard InChI is InChI=1S/C12H22O/c1-7-12(13-6)8-10(4)11(5)9(2)3/h7,9,11-12H,1,4,8H2,2-3,5-6H3. The van der Waals surface area contributed by atoms with Crippen molar-refractivity contribution < 1.29 is 4.74 Å². The van der Waals surface area contributed by atoms with Crippen molar-refractivity contribution in [1.82, 2.24) is 0 Å². The molecule has 2 atom stereocenters. The van der Waals surface area contributed by atoms with Crippen LogP contribution in [-0.4, -0.2) is 13.2 Å². The van der Waals surface area contributed by atoms with Crippen LogP contribution in [-0.2, 0) is 4.74 Å². The minimum absolute atomic E-state index is 0.119. The molecule has 0 radical (unpaired) electrons. The largest absolute Gasteiger partial charge is 0.377 e. The van der Waals surface area contributed by atoms with Crippen LogP contribution in [0.15, 0.2) is 24.8 Å². The fourth-order valence-corrected chi connectivity index (χ4v) is 1.18. The lowest BCUT2D eigenvalue weighted by Gasteiger charge is -2.21. The van der Waals surface area contributed by atoms with E-state index in [-0.39, 0.29) is 6.10 Å². The van der Waals surface area contributed by atoms with Crippen LogP contribution < -0.4 is 0 Å². The van der Waals surface area contributed by atoms with Crippen LogP contribution in [0.1, 0.15) is 27.2 Å². The van der Waals surface area contributed by atoms with Crippen LogP contribution in [0.4, 0.5) is 0 Å². The second-order valence-electron chi connectivity index (χ2n) is 3.90. The van der Waals surface area contributed by atoms with Gasteiger partial charge in [-0.2, -0.15) is 0 Å². The third-order valence-corrected chi connectivity index (χ3v) is 2.67. The van der Waals surface area contributed by atoms with E-state index in [9.17, 15) is 0 Å². The SMILES string of the molecule is C=CC(CC(=C)C(C)C(C)C)OC. The van der Waals surface area contributed by atoms with E-state index in [4.69, 9.17) is 4.74 Å². The van der Waals surface area contributed by atoms with Crippen molar-refractivity contribution >= 4 is 0 Å². The van der Waals surface area contributed by atoms with E-state index in [0.717, 1.165) is 6.42 Å². The first-order valence-electron chi connectivity index (χ1n) is 4.85. The molecule has 13 heavy (non-hydrogen) atoms. The van der Waals surface area contributed by atoms with Crippen molar-refractivity contribution in [2.75, 3.05) is 7.11 Å². The van der Waals surface area contributed by atoms with Crippen molar-refractivity contribution in [3.05, 3.63) is 24.8 Å². The number of ether oxygens (including phenoxy) is 1. The Labute approximate surface area is 82.5 Å². The summed E-state index contributed by atoms with van der Waals surface area (Å²) in [5.41, 5.74) is 1.25. The molecule has 0 aromatic carbocycles. The normalized spacial score (nSPS) is 15.5. The Morgan fingerprint density at radius 2 is 1.92 bits per heavy atom. The Morgan fingerprint density at radius 3 is 2.23 bits per heavy atom. The van der Waals surface area contributed by atoms with Gasteiger partial charge in [0.1, 0.15) is 0 Å². The van der Waals surface area contributed by atoms with Crippen molar-refractivity contribution in [2.24, 2.45) is 11.8 Å². The fraction of sp³-hybridized carbons (Fsp3) is 0.667. The quantitative estimate of drug-likeness (QED) is 0.572. The average molecular weight is 182 g/mol. The first-order valence-corrected chi connectivity index (χ1v) is 4.85. The monoisotopic (exact) mass is 182 g/mol. The highest BCUT2D eigenvalue weighted by Gasteiger charge is 2.13. The molecule has 0 bridgehead atoms. The van der Waals surface area contributed by atoms with Gasteiger partial charge in [0.2, 0.25) is 0 Å². The van der Waals surface area contributed by atoms with Crippen LogP contribution in [0.25, 0.3) is 0 Å². The molecule has 0 amide bonds. The Kier molecular flexibility index (Phi) is 5.72. The van der Waals surface area contributed by atoms with Gasteiger partial charge in [-0.3, -0.25) is 0 Å². The molecule has 0 aromatic rings. The van der Waals surface area contributed by atoms with Crippen LogP contribution >= 0.6 is 0 Å². The van der Waals surface area contributed by atoms with Gasteiger partial charge in [-0.1, -0.05) is 39.0 Å². The van der Waals surface area contributed by atoms with E-state index in [2.05, 4.69) is 33.9 Å². The average Bonchev–Trinajstić information content (AvgIpc) is 2.12. The second-order valence-corrected chi connectivity index (χ2v) is 3.90. The van der Waals surface area contributed by atoms with Crippen LogP contribution in [0.3, 0.4) is 0 Å². The van der Waals surface area contributed by atoms with Crippen molar-refractivity contribution in [1.29, 1.82) is 0 Å². The third kappa shape index (κ3) is 4.28. The first-order chi connectivity index (χ1) is 6.02. The molecule has 0 fully saturated rings. The Hall–Kier alpha value is -0.560. The molecule has 0 aliphatic carbocycles. The highest BCUT2D eigenvalue weighted by molar-refractivity contribution is 5.04. The number of methoxy groups -OCH3 is 1. The lowest BCUT2D eigenvalue weighted by atomic mass is 9.88. The highest BCUT2D eigenvalue weighted by atomic mass is 16.5. The summed E-state index contributed by atoms with van der Waals surface area (Å²) in [4.78, 5) is 0. The van der Waals surface area contributed by atoms with Gasteiger partial charge in [0, 0.05) is 7.11 Å². The molecule has 0 saturated heterocycles. The van der Waals surface area contributed by atoms with Gasteiger partial charge in [0.15, 0.2) is 0 Å². The molecule has 76 valence electrons. The molecule has 0 aliphatic rings. The topological polar surface area (TPSA) is 9.23 Å².